The van der Waals surface area contributed by atoms with Crippen LogP contribution < -0.4 is 4.90 Å². The summed E-state index contributed by atoms with van der Waals surface area (Å²) in [7, 11) is 4.27. The van der Waals surface area contributed by atoms with E-state index >= 15 is 0 Å². The van der Waals surface area contributed by atoms with Crippen molar-refractivity contribution >= 4 is 29.1 Å². The SMILES string of the molecule is CN1/C(=C/C=C\C2=C3SC(c4ccccc4)C(O)=[N+]3C3C=CC=CC3=[N+]2C)C(C)(C)c2ccccc21. The standard InChI is InChI=1S/C31H30N3OS/c1-31(2)22-15-8-9-16-23(22)33(4)27(31)20-12-19-26-30-34(25-18-11-10-17-24(25)32(26)3)29(35)28(36-30)21-13-6-5-7-14-21/h5-20,25,28H,1-4H3/q+1/p+1/b19-12-,27-20+. The number of anilines is 1. The second-order valence-corrected chi connectivity index (χ2v) is 11.2. The Bertz CT molecular complexity index is 1470. The number of hydrogen-bond donors (Lipinski definition) is 1. The lowest BCUT2D eigenvalue weighted by molar-refractivity contribution is -0.540. The highest BCUT2D eigenvalue weighted by Crippen LogP contribution is 2.47. The van der Waals surface area contributed by atoms with Crippen molar-refractivity contribution in [1.29, 1.82) is 0 Å². The number of nitrogens with zero attached hydrogens (tertiary/aromatic N) is 3. The molecule has 0 fully saturated rings. The maximum absolute atomic E-state index is 11.4. The van der Waals surface area contributed by atoms with Gasteiger partial charge in [0, 0.05) is 36.0 Å². The number of rotatable bonds is 3. The molecule has 2 unspecified atom stereocenters. The summed E-state index contributed by atoms with van der Waals surface area (Å²) >= 11 is 1.72. The third-order valence-electron chi connectivity index (χ3n) is 7.70. The molecule has 180 valence electrons. The first kappa shape index (κ1) is 22.9. The van der Waals surface area contributed by atoms with Crippen LogP contribution in [-0.2, 0) is 5.41 Å². The molecule has 3 heterocycles. The molecule has 3 aliphatic heterocycles. The molecule has 4 nitrogen and oxygen atoms in total. The van der Waals surface area contributed by atoms with Gasteiger partial charge in [0.05, 0.1) is 0 Å². The van der Waals surface area contributed by atoms with E-state index in [0.29, 0.717) is 5.90 Å². The Morgan fingerprint density at radius 2 is 1.78 bits per heavy atom. The molecule has 0 aromatic heterocycles. The van der Waals surface area contributed by atoms with Crippen molar-refractivity contribution in [3.05, 3.63) is 125 Å². The summed E-state index contributed by atoms with van der Waals surface area (Å²) < 4.78 is 4.36. The molecule has 36 heavy (non-hydrogen) atoms. The van der Waals surface area contributed by atoms with Crippen LogP contribution in [0.2, 0.25) is 0 Å². The molecule has 0 spiro atoms. The summed E-state index contributed by atoms with van der Waals surface area (Å²) in [6, 6.07) is 18.9. The number of hydrogen-bond acceptors (Lipinski definition) is 2. The smallest absolute Gasteiger partial charge is 0.360 e. The van der Waals surface area contributed by atoms with Crippen LogP contribution in [-0.4, -0.2) is 46.0 Å². The van der Waals surface area contributed by atoms with Crippen molar-refractivity contribution in [2.45, 2.75) is 30.6 Å². The predicted octanol–water partition coefficient (Wildman–Crippen LogP) is 6.07. The Labute approximate surface area is 217 Å². The maximum atomic E-state index is 11.4. The molecule has 2 aromatic rings. The predicted molar refractivity (Wildman–Crippen MR) is 150 cm³/mol. The molecule has 2 atom stereocenters. The van der Waals surface area contributed by atoms with E-state index in [0.717, 1.165) is 22.0 Å². The Morgan fingerprint density at radius 1 is 1.03 bits per heavy atom. The van der Waals surface area contributed by atoms with Crippen LogP contribution in [0.25, 0.3) is 0 Å². The summed E-state index contributed by atoms with van der Waals surface area (Å²) in [5.41, 5.74) is 7.16. The Balaban J connectivity index is 1.43. The molecule has 1 N–H and O–H groups in total. The van der Waals surface area contributed by atoms with Gasteiger partial charge in [-0.05, 0) is 41.1 Å². The van der Waals surface area contributed by atoms with E-state index < -0.39 is 0 Å². The second kappa shape index (κ2) is 8.52. The summed E-state index contributed by atoms with van der Waals surface area (Å²) in [6.45, 7) is 4.57. The summed E-state index contributed by atoms with van der Waals surface area (Å²) in [4.78, 5) is 2.29. The lowest BCUT2D eigenvalue weighted by Gasteiger charge is -2.23. The minimum absolute atomic E-state index is 0.0129. The van der Waals surface area contributed by atoms with E-state index in [1.807, 2.05) is 18.2 Å². The van der Waals surface area contributed by atoms with Crippen LogP contribution >= 0.6 is 11.8 Å². The zero-order valence-electron chi connectivity index (χ0n) is 21.1. The third kappa shape index (κ3) is 3.37. The van der Waals surface area contributed by atoms with E-state index in [1.54, 1.807) is 11.8 Å². The van der Waals surface area contributed by atoms with Gasteiger partial charge in [-0.25, -0.2) is 0 Å². The quantitative estimate of drug-likeness (QED) is 0.526. The number of benzene rings is 2. The van der Waals surface area contributed by atoms with Gasteiger partial charge in [0.15, 0.2) is 5.25 Å². The van der Waals surface area contributed by atoms with Gasteiger partial charge in [-0.15, -0.1) is 4.58 Å². The molecule has 0 bridgehead atoms. The average Bonchev–Trinajstić information content (AvgIpc) is 3.34. The number of fused-ring (bicyclic) bond motifs is 4. The third-order valence-corrected chi connectivity index (χ3v) is 9.05. The molecular weight excluding hydrogens is 462 g/mol. The molecular formula is C31H31N3OS+2. The fourth-order valence-corrected chi connectivity index (χ4v) is 7.18. The van der Waals surface area contributed by atoms with Crippen molar-refractivity contribution in [2.75, 3.05) is 19.0 Å². The molecule has 5 heteroatoms. The van der Waals surface area contributed by atoms with Crippen molar-refractivity contribution in [2.24, 2.45) is 0 Å². The van der Waals surface area contributed by atoms with Gasteiger partial charge in [0.2, 0.25) is 0 Å². The Morgan fingerprint density at radius 3 is 2.56 bits per heavy atom. The number of allylic oxidation sites excluding steroid dienone is 6. The van der Waals surface area contributed by atoms with E-state index in [-0.39, 0.29) is 16.7 Å². The maximum Gasteiger partial charge on any atom is 0.360 e. The van der Waals surface area contributed by atoms with Crippen molar-refractivity contribution in [1.82, 2.24) is 0 Å². The van der Waals surface area contributed by atoms with Gasteiger partial charge in [0.25, 0.3) is 17.5 Å². The van der Waals surface area contributed by atoms with Crippen LogP contribution in [0.1, 0.15) is 30.2 Å². The van der Waals surface area contributed by atoms with Crippen LogP contribution in [0.4, 0.5) is 5.69 Å². The fourth-order valence-electron chi connectivity index (χ4n) is 5.80. The van der Waals surface area contributed by atoms with Crippen molar-refractivity contribution in [3.8, 4) is 0 Å². The normalized spacial score (nSPS) is 25.3. The highest BCUT2D eigenvalue weighted by Gasteiger charge is 2.53. The zero-order valence-corrected chi connectivity index (χ0v) is 21.9. The number of aliphatic hydroxyl groups excluding tert-OH is 1. The molecule has 0 radical (unpaired) electrons. The van der Waals surface area contributed by atoms with Crippen molar-refractivity contribution in [3.63, 3.8) is 0 Å². The lowest BCUT2D eigenvalue weighted by Crippen LogP contribution is -2.42. The van der Waals surface area contributed by atoms with Gasteiger partial charge in [-0.3, -0.25) is 0 Å². The van der Waals surface area contributed by atoms with Gasteiger partial charge in [-0.2, -0.15) is 4.58 Å². The van der Waals surface area contributed by atoms with Gasteiger partial charge in [0.1, 0.15) is 7.05 Å². The monoisotopic (exact) mass is 493 g/mol. The minimum atomic E-state index is -0.121. The molecule has 1 aliphatic carbocycles. The second-order valence-electron chi connectivity index (χ2n) is 10.1. The molecule has 2 aromatic carbocycles. The van der Waals surface area contributed by atoms with E-state index in [9.17, 15) is 5.11 Å². The number of likely N-dealkylation sites (N-methyl/N-ethyl adjacent to an activating group) is 2. The van der Waals surface area contributed by atoms with Gasteiger partial charge >= 0.3 is 10.9 Å². The van der Waals surface area contributed by atoms with Crippen LogP contribution in [0.3, 0.4) is 0 Å². The zero-order chi connectivity index (χ0) is 25.0. The molecule has 0 amide bonds. The van der Waals surface area contributed by atoms with E-state index in [1.165, 1.54) is 16.9 Å². The molecule has 0 saturated carbocycles. The largest absolute Gasteiger partial charge is 0.462 e. The van der Waals surface area contributed by atoms with Gasteiger partial charge < -0.3 is 10.0 Å². The number of para-hydroxylation sites is 1. The number of aliphatic hydroxyl groups is 1. The van der Waals surface area contributed by atoms with Crippen LogP contribution in [0.5, 0.6) is 0 Å². The first-order valence-electron chi connectivity index (χ1n) is 12.4. The molecule has 4 aliphatic rings. The van der Waals surface area contributed by atoms with Gasteiger partial charge in [-0.1, -0.05) is 80.6 Å². The first-order valence-corrected chi connectivity index (χ1v) is 13.3. The summed E-state index contributed by atoms with van der Waals surface area (Å²) in [6.07, 6.45) is 15.0. The Kier molecular flexibility index (Phi) is 5.41. The highest BCUT2D eigenvalue weighted by atomic mass is 32.2. The minimum Gasteiger partial charge on any atom is -0.462 e. The van der Waals surface area contributed by atoms with E-state index in [2.05, 4.69) is 121 Å². The highest BCUT2D eigenvalue weighted by molar-refractivity contribution is 8.04. The topological polar surface area (TPSA) is 29.5 Å². The summed E-state index contributed by atoms with van der Waals surface area (Å²) in [5, 5.41) is 12.4. The van der Waals surface area contributed by atoms with Crippen molar-refractivity contribution < 1.29 is 14.3 Å². The van der Waals surface area contributed by atoms with Crippen LogP contribution in [0, 0.1) is 0 Å². The molecule has 0 saturated heterocycles. The van der Waals surface area contributed by atoms with Crippen LogP contribution in [0.15, 0.2) is 114 Å². The average molecular weight is 494 g/mol. The molecule has 6 rings (SSSR count). The summed E-state index contributed by atoms with van der Waals surface area (Å²) in [5.74, 6) is 0.396. The number of thioether (sulfide) groups is 1. The fraction of sp³-hybridized carbons (Fsp3) is 0.226. The van der Waals surface area contributed by atoms with E-state index in [4.69, 9.17) is 0 Å². The first-order chi connectivity index (χ1) is 17.4. The lowest BCUT2D eigenvalue weighted by atomic mass is 9.84. The Hall–Kier alpha value is -3.57.